The first kappa shape index (κ1) is 14.3. The van der Waals surface area contributed by atoms with Crippen molar-refractivity contribution in [3.05, 3.63) is 0 Å². The monoisotopic (exact) mass is 251 g/mol. The molecule has 0 saturated carbocycles. The van der Waals surface area contributed by atoms with Crippen molar-refractivity contribution in [2.45, 2.75) is 43.0 Å². The molecule has 0 radical (unpaired) electrons. The van der Waals surface area contributed by atoms with E-state index < -0.39 is 48.6 Å². The van der Waals surface area contributed by atoms with Gasteiger partial charge in [0.15, 0.2) is 5.60 Å². The Labute approximate surface area is 97.2 Å². The molecule has 17 heavy (non-hydrogen) atoms. The van der Waals surface area contributed by atoms with Crippen LogP contribution in [0.5, 0.6) is 0 Å². The highest BCUT2D eigenvalue weighted by atomic mass is 16.6. The highest BCUT2D eigenvalue weighted by Crippen LogP contribution is 2.28. The van der Waals surface area contributed by atoms with Crippen LogP contribution >= 0.6 is 0 Å². The normalized spacial score (nSPS) is 41.9. The van der Waals surface area contributed by atoms with Gasteiger partial charge in [-0.2, -0.15) is 0 Å². The second-order valence-electron chi connectivity index (χ2n) is 4.26. The molecule has 7 N–H and O–H groups in total. The molecule has 0 bridgehead atoms. The largest absolute Gasteiger partial charge is 0.394 e. The Morgan fingerprint density at radius 1 is 1.29 bits per heavy atom. The van der Waals surface area contributed by atoms with Gasteiger partial charge in [-0.25, -0.2) is 0 Å². The molecule has 6 atom stereocenters. The molecule has 0 aromatic rings. The van der Waals surface area contributed by atoms with E-state index in [-0.39, 0.29) is 0 Å². The molecule has 0 aromatic carbocycles. The molecule has 1 aliphatic rings. The van der Waals surface area contributed by atoms with Gasteiger partial charge >= 0.3 is 0 Å². The lowest BCUT2D eigenvalue weighted by Crippen LogP contribution is -2.67. The van der Waals surface area contributed by atoms with E-state index in [1.165, 1.54) is 0 Å². The Balaban J connectivity index is 2.97. The molecule has 0 aromatic heterocycles. The van der Waals surface area contributed by atoms with Crippen molar-refractivity contribution in [1.29, 1.82) is 0 Å². The molecule has 0 spiro atoms. The number of rotatable bonds is 3. The number of amides is 1. The summed E-state index contributed by atoms with van der Waals surface area (Å²) in [4.78, 5) is 11.0. The number of carbonyl (C=O) groups excluding carboxylic acids is 1. The third-order valence-electron chi connectivity index (χ3n) is 2.95. The summed E-state index contributed by atoms with van der Waals surface area (Å²) in [6, 6.07) is 0. The van der Waals surface area contributed by atoms with Gasteiger partial charge in [0, 0.05) is 0 Å². The Hall–Kier alpha value is -0.770. The standard InChI is InChI=1S/C9H17NO7/c1-9(16,8(10)15)7-6(14)5(13)4(12)3(2-11)17-7/h3-7,11-14,16H,2H2,1H3,(H2,10,15)/t3-,4-,5+,6+,7+,9?/m1/s1. The Morgan fingerprint density at radius 2 is 1.82 bits per heavy atom. The van der Waals surface area contributed by atoms with E-state index in [1.807, 2.05) is 0 Å². The highest BCUT2D eigenvalue weighted by molar-refractivity contribution is 5.83. The van der Waals surface area contributed by atoms with Crippen LogP contribution in [0.1, 0.15) is 6.92 Å². The van der Waals surface area contributed by atoms with Crippen molar-refractivity contribution in [3.63, 3.8) is 0 Å². The average molecular weight is 251 g/mol. The molecule has 1 unspecified atom stereocenters. The summed E-state index contributed by atoms with van der Waals surface area (Å²) in [5.41, 5.74) is 2.72. The number of nitrogens with two attached hydrogens (primary N) is 1. The maximum atomic E-state index is 11.0. The van der Waals surface area contributed by atoms with Crippen LogP contribution in [0.25, 0.3) is 0 Å². The van der Waals surface area contributed by atoms with E-state index in [4.69, 9.17) is 15.6 Å². The van der Waals surface area contributed by atoms with Gasteiger partial charge in [0.2, 0.25) is 0 Å². The summed E-state index contributed by atoms with van der Waals surface area (Å²) in [7, 11) is 0. The first-order valence-corrected chi connectivity index (χ1v) is 5.06. The van der Waals surface area contributed by atoms with Gasteiger partial charge in [-0.05, 0) is 6.92 Å². The molecule has 8 nitrogen and oxygen atoms in total. The van der Waals surface area contributed by atoms with E-state index in [0.717, 1.165) is 6.92 Å². The van der Waals surface area contributed by atoms with Crippen LogP contribution in [-0.2, 0) is 9.53 Å². The van der Waals surface area contributed by atoms with Crippen molar-refractivity contribution < 1.29 is 35.1 Å². The van der Waals surface area contributed by atoms with Gasteiger partial charge in [-0.3, -0.25) is 4.79 Å². The van der Waals surface area contributed by atoms with Gasteiger partial charge in [0.25, 0.3) is 5.91 Å². The lowest BCUT2D eigenvalue weighted by atomic mass is 9.85. The molecule has 1 rings (SSSR count). The van der Waals surface area contributed by atoms with Crippen LogP contribution in [-0.4, -0.2) is 74.2 Å². The zero-order chi connectivity index (χ0) is 13.4. The summed E-state index contributed by atoms with van der Waals surface area (Å²) in [5, 5.41) is 47.2. The Bertz CT molecular complexity index is 293. The molecule has 1 amide bonds. The number of aliphatic hydroxyl groups excluding tert-OH is 4. The molecule has 8 heteroatoms. The summed E-state index contributed by atoms with van der Waals surface area (Å²) in [6.07, 6.45) is -7.62. The lowest BCUT2D eigenvalue weighted by molar-refractivity contribution is -0.262. The van der Waals surface area contributed by atoms with E-state index >= 15 is 0 Å². The van der Waals surface area contributed by atoms with Crippen molar-refractivity contribution in [2.75, 3.05) is 6.61 Å². The third kappa shape index (κ3) is 2.41. The van der Waals surface area contributed by atoms with Crippen LogP contribution in [0.2, 0.25) is 0 Å². The summed E-state index contributed by atoms with van der Waals surface area (Å²) in [6.45, 7) is 0.373. The second-order valence-corrected chi connectivity index (χ2v) is 4.26. The maximum Gasteiger partial charge on any atom is 0.251 e. The lowest BCUT2D eigenvalue weighted by Gasteiger charge is -2.44. The van der Waals surface area contributed by atoms with Crippen LogP contribution in [0, 0.1) is 0 Å². The van der Waals surface area contributed by atoms with Gasteiger partial charge < -0.3 is 36.0 Å². The minimum absolute atomic E-state index is 0.643. The van der Waals surface area contributed by atoms with Crippen LogP contribution in [0.15, 0.2) is 0 Å². The quantitative estimate of drug-likeness (QED) is 0.299. The first-order valence-electron chi connectivity index (χ1n) is 5.06. The van der Waals surface area contributed by atoms with Crippen molar-refractivity contribution in [3.8, 4) is 0 Å². The molecule has 0 aliphatic carbocycles. The summed E-state index contributed by atoms with van der Waals surface area (Å²) in [5.74, 6) is -1.15. The number of hydrogen-bond acceptors (Lipinski definition) is 7. The number of aliphatic hydroxyl groups is 5. The Morgan fingerprint density at radius 3 is 2.24 bits per heavy atom. The van der Waals surface area contributed by atoms with Gasteiger partial charge in [0.05, 0.1) is 6.61 Å². The predicted molar refractivity (Wildman–Crippen MR) is 53.6 cm³/mol. The number of hydrogen-bond donors (Lipinski definition) is 6. The third-order valence-corrected chi connectivity index (χ3v) is 2.95. The number of primary amides is 1. The van der Waals surface area contributed by atoms with Crippen molar-refractivity contribution >= 4 is 5.91 Å². The highest BCUT2D eigenvalue weighted by Gasteiger charge is 2.52. The molecule has 100 valence electrons. The number of carbonyl (C=O) groups is 1. The van der Waals surface area contributed by atoms with Crippen LogP contribution in [0.3, 0.4) is 0 Å². The molecular weight excluding hydrogens is 234 g/mol. The molecule has 1 fully saturated rings. The Kier molecular flexibility index (Phi) is 4.07. The van der Waals surface area contributed by atoms with Gasteiger partial charge in [-0.15, -0.1) is 0 Å². The minimum Gasteiger partial charge on any atom is -0.394 e. The van der Waals surface area contributed by atoms with Crippen LogP contribution < -0.4 is 5.73 Å². The fourth-order valence-corrected chi connectivity index (χ4v) is 1.71. The fraction of sp³-hybridized carbons (Fsp3) is 0.889. The summed E-state index contributed by atoms with van der Waals surface area (Å²) < 4.78 is 5.00. The predicted octanol–water partition coefficient (Wildman–Crippen LogP) is -3.93. The van der Waals surface area contributed by atoms with Crippen LogP contribution in [0.4, 0.5) is 0 Å². The van der Waals surface area contributed by atoms with Crippen molar-refractivity contribution in [2.24, 2.45) is 5.73 Å². The molecular formula is C9H17NO7. The zero-order valence-corrected chi connectivity index (χ0v) is 9.22. The smallest absolute Gasteiger partial charge is 0.251 e. The van der Waals surface area contributed by atoms with E-state index in [2.05, 4.69) is 0 Å². The fourth-order valence-electron chi connectivity index (χ4n) is 1.71. The van der Waals surface area contributed by atoms with E-state index in [0.29, 0.717) is 0 Å². The minimum atomic E-state index is -2.23. The van der Waals surface area contributed by atoms with Gasteiger partial charge in [0.1, 0.15) is 30.5 Å². The van der Waals surface area contributed by atoms with Gasteiger partial charge in [-0.1, -0.05) is 0 Å². The first-order chi connectivity index (χ1) is 7.73. The number of ether oxygens (including phenoxy) is 1. The summed E-state index contributed by atoms with van der Waals surface area (Å²) >= 11 is 0. The second kappa shape index (κ2) is 4.84. The zero-order valence-electron chi connectivity index (χ0n) is 9.22. The molecule has 1 heterocycles. The maximum absolute atomic E-state index is 11.0. The molecule has 1 aliphatic heterocycles. The topological polar surface area (TPSA) is 153 Å². The average Bonchev–Trinajstić information content (AvgIpc) is 2.26. The van der Waals surface area contributed by atoms with E-state index in [9.17, 15) is 25.2 Å². The van der Waals surface area contributed by atoms with E-state index in [1.54, 1.807) is 0 Å². The van der Waals surface area contributed by atoms with Crippen molar-refractivity contribution in [1.82, 2.24) is 0 Å². The molecule has 1 saturated heterocycles. The SMILES string of the molecule is CC(O)(C(N)=O)[C@H]1O[C@H](CO)[C@@H](O)[C@H](O)[C@@H]1O.